The van der Waals surface area contributed by atoms with Crippen LogP contribution in [-0.2, 0) is 14.3 Å². The number of carbonyl (C=O) groups is 2. The van der Waals surface area contributed by atoms with E-state index in [0.717, 1.165) is 10.2 Å². The average Bonchev–Trinajstić information content (AvgIpc) is 2.86. The molecule has 0 bridgehead atoms. The number of esters is 1. The van der Waals surface area contributed by atoms with E-state index in [1.54, 1.807) is 18.2 Å². The zero-order chi connectivity index (χ0) is 26.5. The van der Waals surface area contributed by atoms with Crippen molar-refractivity contribution in [2.45, 2.75) is 32.6 Å². The van der Waals surface area contributed by atoms with Gasteiger partial charge in [-0.3, -0.25) is 9.59 Å². The van der Waals surface area contributed by atoms with Crippen molar-refractivity contribution in [3.8, 4) is 23.3 Å². The Morgan fingerprint density at radius 2 is 1.83 bits per heavy atom. The quantitative estimate of drug-likeness (QED) is 0.121. The zero-order valence-electron chi connectivity index (χ0n) is 20.9. The Labute approximate surface area is 220 Å². The van der Waals surface area contributed by atoms with Gasteiger partial charge in [0.05, 0.1) is 24.8 Å². The van der Waals surface area contributed by atoms with Gasteiger partial charge >= 0.3 is 5.97 Å². The molecule has 0 saturated carbocycles. The normalized spacial score (nSPS) is 11.1. The van der Waals surface area contributed by atoms with Gasteiger partial charge in [-0.05, 0) is 69.7 Å². The Bertz CT molecular complexity index is 1120. The SMILES string of the molecule is COCCNC(=O)/C(C#N)=C/c1ccc(OC(=O)CCCOc2ccc(C(C)C)cc2Br)c(OC)c1. The van der Waals surface area contributed by atoms with E-state index in [-0.39, 0.29) is 17.7 Å². The number of amides is 1. The van der Waals surface area contributed by atoms with Crippen molar-refractivity contribution in [1.29, 1.82) is 5.26 Å². The molecule has 0 spiro atoms. The first-order valence-electron chi connectivity index (χ1n) is 11.5. The molecule has 1 amide bonds. The van der Waals surface area contributed by atoms with Gasteiger partial charge in [0, 0.05) is 20.1 Å². The minimum Gasteiger partial charge on any atom is -0.493 e. The van der Waals surface area contributed by atoms with E-state index in [1.165, 1.54) is 25.9 Å². The standard InChI is InChI=1S/C27H31BrN2O6/c1-18(2)20-8-10-23(22(28)16-20)35-12-5-6-26(31)36-24-9-7-19(15-25(24)34-4)14-21(17-29)27(32)30-11-13-33-3/h7-10,14-16,18H,5-6,11-13H2,1-4H3,(H,30,32)/b21-14+. The number of methoxy groups -OCH3 is 2. The molecule has 2 rings (SSSR count). The van der Waals surface area contributed by atoms with Gasteiger partial charge in [0.2, 0.25) is 0 Å². The van der Waals surface area contributed by atoms with Crippen LogP contribution in [0.2, 0.25) is 0 Å². The summed E-state index contributed by atoms with van der Waals surface area (Å²) in [7, 11) is 2.96. The number of ether oxygens (including phenoxy) is 4. The Morgan fingerprint density at radius 3 is 2.47 bits per heavy atom. The van der Waals surface area contributed by atoms with Gasteiger partial charge < -0.3 is 24.3 Å². The lowest BCUT2D eigenvalue weighted by molar-refractivity contribution is -0.134. The Kier molecular flexibility index (Phi) is 12.0. The van der Waals surface area contributed by atoms with Gasteiger partial charge in [-0.2, -0.15) is 5.26 Å². The molecule has 0 aliphatic carbocycles. The number of nitrogens with zero attached hydrogens (tertiary/aromatic N) is 1. The highest BCUT2D eigenvalue weighted by Crippen LogP contribution is 2.30. The van der Waals surface area contributed by atoms with E-state index < -0.39 is 11.9 Å². The number of rotatable bonds is 13. The lowest BCUT2D eigenvalue weighted by Gasteiger charge is -2.12. The summed E-state index contributed by atoms with van der Waals surface area (Å²) in [5.74, 6) is 0.766. The topological polar surface area (TPSA) is 107 Å². The molecular weight excluding hydrogens is 528 g/mol. The molecule has 0 saturated heterocycles. The summed E-state index contributed by atoms with van der Waals surface area (Å²) in [5, 5.41) is 11.9. The van der Waals surface area contributed by atoms with Gasteiger partial charge in [0.15, 0.2) is 11.5 Å². The third kappa shape index (κ3) is 9.02. The first-order valence-corrected chi connectivity index (χ1v) is 12.3. The van der Waals surface area contributed by atoms with Crippen LogP contribution in [0, 0.1) is 11.3 Å². The maximum Gasteiger partial charge on any atom is 0.311 e. The number of carbonyl (C=O) groups excluding carboxylic acids is 2. The lowest BCUT2D eigenvalue weighted by Crippen LogP contribution is -2.27. The van der Waals surface area contributed by atoms with Crippen LogP contribution in [0.1, 0.15) is 43.7 Å². The fourth-order valence-corrected chi connectivity index (χ4v) is 3.61. The first-order chi connectivity index (χ1) is 17.3. The van der Waals surface area contributed by atoms with Crippen LogP contribution in [0.25, 0.3) is 6.08 Å². The average molecular weight is 559 g/mol. The number of benzene rings is 2. The highest BCUT2D eigenvalue weighted by Gasteiger charge is 2.13. The smallest absolute Gasteiger partial charge is 0.311 e. The van der Waals surface area contributed by atoms with E-state index in [4.69, 9.17) is 18.9 Å². The maximum absolute atomic E-state index is 12.3. The summed E-state index contributed by atoms with van der Waals surface area (Å²) < 4.78 is 22.3. The molecule has 36 heavy (non-hydrogen) atoms. The highest BCUT2D eigenvalue weighted by molar-refractivity contribution is 9.10. The Hall–Kier alpha value is -3.35. The molecule has 8 nitrogen and oxygen atoms in total. The second-order valence-corrected chi connectivity index (χ2v) is 8.95. The zero-order valence-corrected chi connectivity index (χ0v) is 22.5. The summed E-state index contributed by atoms with van der Waals surface area (Å²) >= 11 is 3.52. The molecule has 0 aromatic heterocycles. The van der Waals surface area contributed by atoms with E-state index in [1.807, 2.05) is 24.3 Å². The van der Waals surface area contributed by atoms with Crippen LogP contribution < -0.4 is 19.5 Å². The first kappa shape index (κ1) is 28.9. The van der Waals surface area contributed by atoms with Gasteiger partial charge in [-0.15, -0.1) is 0 Å². The molecule has 0 atom stereocenters. The van der Waals surface area contributed by atoms with Crippen molar-refractivity contribution in [2.24, 2.45) is 0 Å². The molecule has 1 N–H and O–H groups in total. The molecule has 9 heteroatoms. The molecule has 0 unspecified atom stereocenters. The molecule has 0 radical (unpaired) electrons. The molecule has 0 aliphatic heterocycles. The van der Waals surface area contributed by atoms with E-state index >= 15 is 0 Å². The van der Waals surface area contributed by atoms with Crippen molar-refractivity contribution in [2.75, 3.05) is 34.0 Å². The van der Waals surface area contributed by atoms with Gasteiger partial charge in [0.25, 0.3) is 5.91 Å². The van der Waals surface area contributed by atoms with Crippen LogP contribution in [-0.4, -0.2) is 45.9 Å². The molecule has 0 fully saturated rings. The predicted molar refractivity (Wildman–Crippen MR) is 140 cm³/mol. The minimum absolute atomic E-state index is 0.0663. The molecular formula is C27H31BrN2O6. The monoisotopic (exact) mass is 558 g/mol. The third-order valence-corrected chi connectivity index (χ3v) is 5.70. The van der Waals surface area contributed by atoms with Crippen molar-refractivity contribution < 1.29 is 28.5 Å². The number of halogens is 1. The van der Waals surface area contributed by atoms with Crippen molar-refractivity contribution in [3.05, 3.63) is 57.6 Å². The van der Waals surface area contributed by atoms with E-state index in [9.17, 15) is 14.9 Å². The fourth-order valence-electron chi connectivity index (χ4n) is 3.10. The maximum atomic E-state index is 12.3. The Morgan fingerprint density at radius 1 is 1.08 bits per heavy atom. The third-order valence-electron chi connectivity index (χ3n) is 5.08. The van der Waals surface area contributed by atoms with Crippen LogP contribution in [0.3, 0.4) is 0 Å². The predicted octanol–water partition coefficient (Wildman–Crippen LogP) is 5.02. The highest BCUT2D eigenvalue weighted by atomic mass is 79.9. The number of hydrogen-bond donors (Lipinski definition) is 1. The lowest BCUT2D eigenvalue weighted by atomic mass is 10.0. The van der Waals surface area contributed by atoms with Gasteiger partial charge in [-0.25, -0.2) is 0 Å². The molecule has 0 heterocycles. The van der Waals surface area contributed by atoms with Crippen LogP contribution >= 0.6 is 15.9 Å². The van der Waals surface area contributed by atoms with Gasteiger partial charge in [-0.1, -0.05) is 26.0 Å². The van der Waals surface area contributed by atoms with Crippen molar-refractivity contribution in [1.82, 2.24) is 5.32 Å². The number of hydrogen-bond acceptors (Lipinski definition) is 7. The van der Waals surface area contributed by atoms with E-state index in [0.29, 0.717) is 43.4 Å². The molecule has 2 aromatic carbocycles. The van der Waals surface area contributed by atoms with Gasteiger partial charge in [0.1, 0.15) is 17.4 Å². The summed E-state index contributed by atoms with van der Waals surface area (Å²) in [5.41, 5.74) is 1.69. The van der Waals surface area contributed by atoms with Crippen LogP contribution in [0.15, 0.2) is 46.4 Å². The molecule has 0 aliphatic rings. The summed E-state index contributed by atoms with van der Waals surface area (Å²) in [6, 6.07) is 12.6. The van der Waals surface area contributed by atoms with Crippen molar-refractivity contribution >= 4 is 33.9 Å². The van der Waals surface area contributed by atoms with Crippen LogP contribution in [0.5, 0.6) is 17.2 Å². The summed E-state index contributed by atoms with van der Waals surface area (Å²) in [4.78, 5) is 24.5. The second-order valence-electron chi connectivity index (χ2n) is 8.10. The molecule has 2 aromatic rings. The van der Waals surface area contributed by atoms with Crippen LogP contribution in [0.4, 0.5) is 0 Å². The van der Waals surface area contributed by atoms with E-state index in [2.05, 4.69) is 35.1 Å². The second kappa shape index (κ2) is 14.9. The fraction of sp³-hybridized carbons (Fsp3) is 0.370. The summed E-state index contributed by atoms with van der Waals surface area (Å²) in [6.45, 7) is 5.24. The largest absolute Gasteiger partial charge is 0.493 e. The minimum atomic E-state index is -0.505. The number of nitrogens with one attached hydrogen (secondary N) is 1. The number of nitriles is 1. The summed E-state index contributed by atoms with van der Waals surface area (Å²) in [6.07, 6.45) is 2.07. The van der Waals surface area contributed by atoms with Crippen molar-refractivity contribution in [3.63, 3.8) is 0 Å². The molecule has 192 valence electrons. The Balaban J connectivity index is 1.92.